The molecule has 0 amide bonds. The van der Waals surface area contributed by atoms with Crippen molar-refractivity contribution in [1.29, 1.82) is 0 Å². The zero-order valence-corrected chi connectivity index (χ0v) is 11.8. The van der Waals surface area contributed by atoms with E-state index in [-0.39, 0.29) is 5.41 Å². The van der Waals surface area contributed by atoms with Gasteiger partial charge in [0.05, 0.1) is 15.6 Å². The van der Waals surface area contributed by atoms with Crippen molar-refractivity contribution in [2.75, 3.05) is 0 Å². The van der Waals surface area contributed by atoms with E-state index >= 15 is 0 Å². The molecule has 3 heteroatoms. The van der Waals surface area contributed by atoms with Gasteiger partial charge in [-0.2, -0.15) is 0 Å². The first-order valence-electron chi connectivity index (χ1n) is 6.00. The maximum Gasteiger partial charge on any atom is 0.0902 e. The van der Waals surface area contributed by atoms with Gasteiger partial charge in [-0.15, -0.1) is 0 Å². The molecule has 0 radical (unpaired) electrons. The molecule has 0 heterocycles. The fourth-order valence-corrected chi connectivity index (χ4v) is 3.16. The highest BCUT2D eigenvalue weighted by Crippen LogP contribution is 2.46. The van der Waals surface area contributed by atoms with Crippen molar-refractivity contribution < 1.29 is 5.11 Å². The Balaban J connectivity index is 2.34. The average Bonchev–Trinajstić information content (AvgIpc) is 2.20. The fourth-order valence-electron chi connectivity index (χ4n) is 2.86. The second kappa shape index (κ2) is 4.46. The standard InChI is InChI=1S/C14H18Cl2O/c1-13(2)6-3-7-14(17,9-13)10-4-5-11(15)12(16)8-10/h4-5,8,17H,3,6-7,9H2,1-2H3. The van der Waals surface area contributed by atoms with Crippen molar-refractivity contribution in [2.24, 2.45) is 5.41 Å². The van der Waals surface area contributed by atoms with Gasteiger partial charge in [0.2, 0.25) is 0 Å². The summed E-state index contributed by atoms with van der Waals surface area (Å²) in [5.41, 5.74) is 0.314. The number of aliphatic hydroxyl groups is 1. The van der Waals surface area contributed by atoms with Crippen LogP contribution in [0.25, 0.3) is 0 Å². The molecular weight excluding hydrogens is 255 g/mol. The van der Waals surface area contributed by atoms with Crippen molar-refractivity contribution in [3.8, 4) is 0 Å². The normalized spacial score (nSPS) is 28.1. The van der Waals surface area contributed by atoms with Crippen LogP contribution < -0.4 is 0 Å². The molecule has 1 aliphatic rings. The van der Waals surface area contributed by atoms with E-state index in [1.165, 1.54) is 0 Å². The van der Waals surface area contributed by atoms with Gasteiger partial charge in [0.1, 0.15) is 0 Å². The molecule has 17 heavy (non-hydrogen) atoms. The van der Waals surface area contributed by atoms with E-state index in [4.69, 9.17) is 23.2 Å². The van der Waals surface area contributed by atoms with Gasteiger partial charge in [0, 0.05) is 0 Å². The van der Waals surface area contributed by atoms with Gasteiger partial charge in [0.15, 0.2) is 0 Å². The van der Waals surface area contributed by atoms with Crippen LogP contribution in [0.4, 0.5) is 0 Å². The minimum absolute atomic E-state index is 0.180. The highest BCUT2D eigenvalue weighted by molar-refractivity contribution is 6.42. The lowest BCUT2D eigenvalue weighted by Crippen LogP contribution is -2.36. The van der Waals surface area contributed by atoms with E-state index in [1.54, 1.807) is 12.1 Å². The average molecular weight is 273 g/mol. The second-order valence-corrected chi connectivity index (χ2v) is 6.67. The smallest absolute Gasteiger partial charge is 0.0902 e. The summed E-state index contributed by atoms with van der Waals surface area (Å²) in [6.07, 6.45) is 3.78. The zero-order chi connectivity index (χ0) is 12.7. The number of hydrogen-bond acceptors (Lipinski definition) is 1. The predicted octanol–water partition coefficient (Wildman–Crippen LogP) is 4.78. The Bertz CT molecular complexity index is 428. The quantitative estimate of drug-likeness (QED) is 0.780. The minimum atomic E-state index is -0.754. The van der Waals surface area contributed by atoms with Crippen molar-refractivity contribution in [3.05, 3.63) is 33.8 Å². The predicted molar refractivity (Wildman–Crippen MR) is 72.6 cm³/mol. The third-order valence-electron chi connectivity index (χ3n) is 3.67. The fraction of sp³-hybridized carbons (Fsp3) is 0.571. The monoisotopic (exact) mass is 272 g/mol. The minimum Gasteiger partial charge on any atom is -0.385 e. The molecular formula is C14H18Cl2O. The van der Waals surface area contributed by atoms with Gasteiger partial charge in [-0.1, -0.05) is 43.1 Å². The highest BCUT2D eigenvalue weighted by atomic mass is 35.5. The third kappa shape index (κ3) is 2.78. The van der Waals surface area contributed by atoms with E-state index in [1.807, 2.05) is 6.07 Å². The maximum absolute atomic E-state index is 10.8. The van der Waals surface area contributed by atoms with Crippen molar-refractivity contribution in [3.63, 3.8) is 0 Å². The van der Waals surface area contributed by atoms with Crippen LogP contribution in [0, 0.1) is 5.41 Å². The summed E-state index contributed by atoms with van der Waals surface area (Å²) in [6, 6.07) is 5.44. The zero-order valence-electron chi connectivity index (χ0n) is 10.3. The summed E-state index contributed by atoms with van der Waals surface area (Å²) in [6.45, 7) is 4.41. The SMILES string of the molecule is CC1(C)CCCC(O)(c2ccc(Cl)c(Cl)c2)C1. The molecule has 1 aromatic rings. The molecule has 1 fully saturated rings. The second-order valence-electron chi connectivity index (χ2n) is 5.86. The van der Waals surface area contributed by atoms with Gasteiger partial charge in [-0.25, -0.2) is 0 Å². The Labute approximate surface area is 113 Å². The first kappa shape index (κ1) is 13.2. The molecule has 0 saturated heterocycles. The first-order chi connectivity index (χ1) is 7.82. The van der Waals surface area contributed by atoms with Crippen LogP contribution in [0.3, 0.4) is 0 Å². The van der Waals surface area contributed by atoms with Gasteiger partial charge < -0.3 is 5.11 Å². The summed E-state index contributed by atoms with van der Waals surface area (Å²) in [5, 5.41) is 11.8. The van der Waals surface area contributed by atoms with E-state index < -0.39 is 5.60 Å². The number of hydrogen-bond donors (Lipinski definition) is 1. The third-order valence-corrected chi connectivity index (χ3v) is 4.41. The summed E-state index contributed by atoms with van der Waals surface area (Å²) in [4.78, 5) is 0. The van der Waals surface area contributed by atoms with Crippen molar-refractivity contribution in [2.45, 2.75) is 45.1 Å². The van der Waals surface area contributed by atoms with Gasteiger partial charge >= 0.3 is 0 Å². The van der Waals surface area contributed by atoms with Crippen molar-refractivity contribution in [1.82, 2.24) is 0 Å². The molecule has 0 spiro atoms. The summed E-state index contributed by atoms with van der Waals surface area (Å²) in [5.74, 6) is 0. The maximum atomic E-state index is 10.8. The molecule has 1 nitrogen and oxygen atoms in total. The molecule has 94 valence electrons. The van der Waals surface area contributed by atoms with Crippen LogP contribution in [-0.4, -0.2) is 5.11 Å². The van der Waals surface area contributed by atoms with Crippen LogP contribution in [-0.2, 0) is 5.60 Å². The number of rotatable bonds is 1. The van der Waals surface area contributed by atoms with Gasteiger partial charge in [-0.05, 0) is 48.8 Å². The molecule has 2 rings (SSSR count). The van der Waals surface area contributed by atoms with Crippen LogP contribution in [0.2, 0.25) is 10.0 Å². The molecule has 1 aromatic carbocycles. The van der Waals surface area contributed by atoms with E-state index in [2.05, 4.69) is 13.8 Å². The lowest BCUT2D eigenvalue weighted by Gasteiger charge is -2.42. The van der Waals surface area contributed by atoms with Crippen molar-refractivity contribution >= 4 is 23.2 Å². The van der Waals surface area contributed by atoms with Crippen LogP contribution in [0.1, 0.15) is 45.1 Å². The molecule has 1 aliphatic carbocycles. The summed E-state index contributed by atoms with van der Waals surface area (Å²) in [7, 11) is 0. The molecule has 0 aliphatic heterocycles. The lowest BCUT2D eigenvalue weighted by molar-refractivity contribution is -0.0440. The summed E-state index contributed by atoms with van der Waals surface area (Å²) < 4.78 is 0. The summed E-state index contributed by atoms with van der Waals surface area (Å²) >= 11 is 11.9. The Morgan fingerprint density at radius 2 is 1.82 bits per heavy atom. The Morgan fingerprint density at radius 3 is 2.41 bits per heavy atom. The molecule has 0 bridgehead atoms. The van der Waals surface area contributed by atoms with Crippen LogP contribution >= 0.6 is 23.2 Å². The molecule has 1 unspecified atom stereocenters. The first-order valence-corrected chi connectivity index (χ1v) is 6.76. The number of halogens is 2. The Hall–Kier alpha value is -0.240. The Kier molecular flexibility index (Phi) is 3.46. The Morgan fingerprint density at radius 1 is 1.12 bits per heavy atom. The molecule has 0 aromatic heterocycles. The van der Waals surface area contributed by atoms with E-state index in [0.29, 0.717) is 10.0 Å². The lowest BCUT2D eigenvalue weighted by atomic mass is 9.67. The molecule has 1 atom stereocenters. The van der Waals surface area contributed by atoms with Gasteiger partial charge in [0.25, 0.3) is 0 Å². The molecule has 1 saturated carbocycles. The van der Waals surface area contributed by atoms with Gasteiger partial charge in [-0.3, -0.25) is 0 Å². The van der Waals surface area contributed by atoms with Crippen LogP contribution in [0.5, 0.6) is 0 Å². The molecule has 1 N–H and O–H groups in total. The number of benzene rings is 1. The largest absolute Gasteiger partial charge is 0.385 e. The van der Waals surface area contributed by atoms with Crippen LogP contribution in [0.15, 0.2) is 18.2 Å². The highest BCUT2D eigenvalue weighted by Gasteiger charge is 2.39. The van der Waals surface area contributed by atoms with E-state index in [9.17, 15) is 5.11 Å². The van der Waals surface area contributed by atoms with E-state index in [0.717, 1.165) is 31.2 Å². The topological polar surface area (TPSA) is 20.2 Å².